The van der Waals surface area contributed by atoms with E-state index >= 15 is 0 Å². The van der Waals surface area contributed by atoms with Crippen molar-refractivity contribution in [2.24, 2.45) is 4.99 Å². The third-order valence-electron chi connectivity index (χ3n) is 6.43. The number of carbonyl (C=O) groups is 1. The van der Waals surface area contributed by atoms with E-state index in [1.807, 2.05) is 42.5 Å². The van der Waals surface area contributed by atoms with Crippen LogP contribution in [0.2, 0.25) is 0 Å². The highest BCUT2D eigenvalue weighted by molar-refractivity contribution is 5.83. The molecular formula is C27H25N7O2. The molecular weight excluding hydrogens is 454 g/mol. The van der Waals surface area contributed by atoms with Gasteiger partial charge in [-0.2, -0.15) is 0 Å². The average Bonchev–Trinajstić information content (AvgIpc) is 3.57. The van der Waals surface area contributed by atoms with Crippen LogP contribution >= 0.6 is 0 Å². The van der Waals surface area contributed by atoms with E-state index in [1.165, 1.54) is 0 Å². The fraction of sp³-hybridized carbons (Fsp3) is 0.185. The first-order chi connectivity index (χ1) is 17.6. The SMILES string of the molecule is C=C1C2=C(CCC(c3coc(-c4ccccc4)n3)N2)N=CN1CC(=O)NCc1cc2cnccc2[nH]1. The summed E-state index contributed by atoms with van der Waals surface area (Å²) < 4.78 is 5.73. The Morgan fingerprint density at radius 1 is 1.25 bits per heavy atom. The number of oxazole rings is 1. The molecule has 0 spiro atoms. The van der Waals surface area contributed by atoms with Gasteiger partial charge in [-0.25, -0.2) is 9.98 Å². The van der Waals surface area contributed by atoms with E-state index in [2.05, 4.69) is 32.2 Å². The zero-order valence-corrected chi connectivity index (χ0v) is 19.6. The van der Waals surface area contributed by atoms with Crippen molar-refractivity contribution in [3.05, 3.63) is 96.2 Å². The maximum Gasteiger partial charge on any atom is 0.240 e. The van der Waals surface area contributed by atoms with E-state index in [-0.39, 0.29) is 18.5 Å². The van der Waals surface area contributed by atoms with Gasteiger partial charge in [0.05, 0.1) is 36.0 Å². The van der Waals surface area contributed by atoms with Crippen molar-refractivity contribution in [1.29, 1.82) is 0 Å². The molecule has 3 N–H and O–H groups in total. The molecule has 0 saturated heterocycles. The minimum atomic E-state index is -0.125. The zero-order chi connectivity index (χ0) is 24.5. The smallest absolute Gasteiger partial charge is 0.240 e. The van der Waals surface area contributed by atoms with Gasteiger partial charge in [-0.15, -0.1) is 0 Å². The lowest BCUT2D eigenvalue weighted by atomic mass is 9.99. The van der Waals surface area contributed by atoms with Gasteiger partial charge in [-0.1, -0.05) is 24.8 Å². The Balaban J connectivity index is 1.08. The molecule has 0 saturated carbocycles. The topological polar surface area (TPSA) is 111 Å². The first-order valence-corrected chi connectivity index (χ1v) is 11.8. The summed E-state index contributed by atoms with van der Waals surface area (Å²) in [5.41, 5.74) is 6.17. The second kappa shape index (κ2) is 9.18. The lowest BCUT2D eigenvalue weighted by Crippen LogP contribution is -2.40. The summed E-state index contributed by atoms with van der Waals surface area (Å²) in [6, 6.07) is 13.7. The molecule has 36 heavy (non-hydrogen) atoms. The number of aromatic nitrogens is 3. The van der Waals surface area contributed by atoms with Crippen LogP contribution < -0.4 is 10.6 Å². The summed E-state index contributed by atoms with van der Waals surface area (Å²) in [5, 5.41) is 7.49. The molecule has 1 amide bonds. The van der Waals surface area contributed by atoms with Gasteiger partial charge in [0.15, 0.2) is 0 Å². The molecule has 9 heteroatoms. The van der Waals surface area contributed by atoms with Gasteiger partial charge in [0.2, 0.25) is 11.8 Å². The fourth-order valence-corrected chi connectivity index (χ4v) is 4.52. The van der Waals surface area contributed by atoms with Gasteiger partial charge in [0, 0.05) is 34.6 Å². The Morgan fingerprint density at radius 3 is 3.00 bits per heavy atom. The van der Waals surface area contributed by atoms with Gasteiger partial charge in [0.1, 0.15) is 18.5 Å². The number of aliphatic imine (C=N–C) groups is 1. The van der Waals surface area contributed by atoms with Crippen LogP contribution in [0.4, 0.5) is 0 Å². The molecule has 5 heterocycles. The van der Waals surface area contributed by atoms with E-state index < -0.39 is 0 Å². The van der Waals surface area contributed by atoms with E-state index in [0.717, 1.165) is 52.1 Å². The number of benzene rings is 1. The number of aromatic amines is 1. The predicted molar refractivity (Wildman–Crippen MR) is 136 cm³/mol. The number of carbonyl (C=O) groups excluding carboxylic acids is 1. The molecule has 0 aliphatic carbocycles. The Labute approximate surface area is 207 Å². The van der Waals surface area contributed by atoms with Crippen molar-refractivity contribution >= 4 is 23.1 Å². The zero-order valence-electron chi connectivity index (χ0n) is 19.6. The number of H-pyrrole nitrogens is 1. The van der Waals surface area contributed by atoms with Gasteiger partial charge in [0.25, 0.3) is 0 Å². The molecule has 3 aromatic heterocycles. The highest BCUT2D eigenvalue weighted by atomic mass is 16.3. The molecule has 4 aromatic rings. The van der Waals surface area contributed by atoms with Crippen molar-refractivity contribution in [2.75, 3.05) is 6.54 Å². The highest BCUT2D eigenvalue weighted by Gasteiger charge is 2.29. The number of rotatable bonds is 6. The summed E-state index contributed by atoms with van der Waals surface area (Å²) in [4.78, 5) is 31.1. The third kappa shape index (κ3) is 4.26. The lowest BCUT2D eigenvalue weighted by molar-refractivity contribution is -0.121. The minimum absolute atomic E-state index is 0.0258. The fourth-order valence-electron chi connectivity index (χ4n) is 4.52. The molecule has 180 valence electrons. The van der Waals surface area contributed by atoms with Crippen molar-refractivity contribution in [3.63, 3.8) is 0 Å². The maximum atomic E-state index is 12.7. The largest absolute Gasteiger partial charge is 0.444 e. The molecule has 2 aliphatic rings. The van der Waals surface area contributed by atoms with Gasteiger partial charge in [-0.3, -0.25) is 9.78 Å². The summed E-state index contributed by atoms with van der Waals surface area (Å²) in [6.45, 7) is 4.76. The quantitative estimate of drug-likeness (QED) is 0.385. The summed E-state index contributed by atoms with van der Waals surface area (Å²) in [6.07, 6.45) is 8.53. The van der Waals surface area contributed by atoms with Crippen LogP contribution in [0.15, 0.2) is 94.2 Å². The normalized spacial score (nSPS) is 17.3. The summed E-state index contributed by atoms with van der Waals surface area (Å²) in [7, 11) is 0. The molecule has 1 aromatic carbocycles. The van der Waals surface area contributed by atoms with Gasteiger partial charge >= 0.3 is 0 Å². The Kier molecular flexibility index (Phi) is 5.57. The number of amides is 1. The van der Waals surface area contributed by atoms with Crippen molar-refractivity contribution in [3.8, 4) is 11.5 Å². The van der Waals surface area contributed by atoms with E-state index in [0.29, 0.717) is 18.1 Å². The number of nitrogens with one attached hydrogen (secondary N) is 3. The Bertz CT molecular complexity index is 1470. The Hall–Kier alpha value is -4.66. The summed E-state index contributed by atoms with van der Waals surface area (Å²) in [5.74, 6) is 0.469. The van der Waals surface area contributed by atoms with Crippen LogP contribution in [-0.2, 0) is 11.3 Å². The maximum absolute atomic E-state index is 12.7. The van der Waals surface area contributed by atoms with Crippen molar-refractivity contribution in [2.45, 2.75) is 25.4 Å². The second-order valence-electron chi connectivity index (χ2n) is 8.85. The standard InChI is InChI=1S/C27H25N7O2/c1-17-26-23(8-7-22(32-26)24-15-36-27(33-24)18-5-3-2-4-6-18)30-16-34(17)14-25(35)29-13-20-11-19-12-28-10-9-21(19)31-20/h2-6,9-12,15-16,22,31-32H,1,7-8,13-14H2,(H,29,35). The van der Waals surface area contributed by atoms with Crippen LogP contribution in [0, 0.1) is 0 Å². The van der Waals surface area contributed by atoms with Gasteiger partial charge < -0.3 is 24.9 Å². The number of nitrogens with zero attached hydrogens (tertiary/aromatic N) is 4. The molecule has 6 rings (SSSR count). The highest BCUT2D eigenvalue weighted by Crippen LogP contribution is 2.34. The molecule has 0 radical (unpaired) electrons. The molecule has 1 atom stereocenters. The van der Waals surface area contributed by atoms with E-state index in [9.17, 15) is 4.79 Å². The van der Waals surface area contributed by atoms with E-state index in [4.69, 9.17) is 9.40 Å². The van der Waals surface area contributed by atoms with E-state index in [1.54, 1.807) is 29.9 Å². The first kappa shape index (κ1) is 21.8. The summed E-state index contributed by atoms with van der Waals surface area (Å²) >= 11 is 0. The molecule has 0 fully saturated rings. The third-order valence-corrected chi connectivity index (χ3v) is 6.43. The number of hydrogen-bond donors (Lipinski definition) is 3. The average molecular weight is 480 g/mol. The molecule has 2 aliphatic heterocycles. The van der Waals surface area contributed by atoms with Crippen LogP contribution in [0.3, 0.4) is 0 Å². The number of pyridine rings is 1. The van der Waals surface area contributed by atoms with Gasteiger partial charge in [-0.05, 0) is 37.1 Å². The molecule has 9 nitrogen and oxygen atoms in total. The minimum Gasteiger partial charge on any atom is -0.444 e. The lowest BCUT2D eigenvalue weighted by Gasteiger charge is -2.34. The number of fused-ring (bicyclic) bond motifs is 1. The van der Waals surface area contributed by atoms with Crippen LogP contribution in [0.25, 0.3) is 22.4 Å². The van der Waals surface area contributed by atoms with Crippen molar-refractivity contribution in [1.82, 2.24) is 30.5 Å². The number of hydrogen-bond acceptors (Lipinski definition) is 7. The van der Waals surface area contributed by atoms with Crippen LogP contribution in [-0.4, -0.2) is 38.6 Å². The first-order valence-electron chi connectivity index (χ1n) is 11.8. The van der Waals surface area contributed by atoms with Crippen LogP contribution in [0.5, 0.6) is 0 Å². The van der Waals surface area contributed by atoms with Crippen molar-refractivity contribution < 1.29 is 9.21 Å². The molecule has 0 bridgehead atoms. The second-order valence-corrected chi connectivity index (χ2v) is 8.85. The molecule has 1 unspecified atom stereocenters. The monoisotopic (exact) mass is 479 g/mol. The Morgan fingerprint density at radius 2 is 2.14 bits per heavy atom. The number of allylic oxidation sites excluding steroid dienone is 1. The van der Waals surface area contributed by atoms with Crippen LogP contribution in [0.1, 0.15) is 30.3 Å². The predicted octanol–water partition coefficient (Wildman–Crippen LogP) is 4.03.